The Labute approximate surface area is 99.5 Å². The van der Waals surface area contributed by atoms with Crippen LogP contribution in [0.25, 0.3) is 11.4 Å². The maximum absolute atomic E-state index is 11.7. The molecule has 0 spiro atoms. The third-order valence-corrected chi connectivity index (χ3v) is 2.82. The van der Waals surface area contributed by atoms with Crippen molar-refractivity contribution in [3.05, 3.63) is 34.0 Å². The summed E-state index contributed by atoms with van der Waals surface area (Å²) in [6.45, 7) is 6.61. The second kappa shape index (κ2) is 4.53. The number of nitrogens with one attached hydrogen (secondary N) is 1. The molecule has 0 aliphatic rings. The maximum atomic E-state index is 11.7. The van der Waals surface area contributed by atoms with Crippen LogP contribution in [0.1, 0.15) is 25.1 Å². The zero-order valence-electron chi connectivity index (χ0n) is 10.3. The summed E-state index contributed by atoms with van der Waals surface area (Å²) in [6.07, 6.45) is 4.36. The summed E-state index contributed by atoms with van der Waals surface area (Å²) in [5, 5.41) is 4.17. The minimum Gasteiger partial charge on any atom is -0.306 e. The summed E-state index contributed by atoms with van der Waals surface area (Å²) >= 11 is 0. The van der Waals surface area contributed by atoms with Crippen molar-refractivity contribution in [2.75, 3.05) is 0 Å². The van der Waals surface area contributed by atoms with Gasteiger partial charge < -0.3 is 4.98 Å². The minimum absolute atomic E-state index is 0.0731. The first-order valence-corrected chi connectivity index (χ1v) is 5.78. The molecule has 0 unspecified atom stereocenters. The summed E-state index contributed by atoms with van der Waals surface area (Å²) in [5.41, 5.74) is 2.31. The molecule has 0 atom stereocenters. The number of aromatic nitrogens is 4. The smallest absolute Gasteiger partial charge is 0.254 e. The molecule has 5 nitrogen and oxygen atoms in total. The van der Waals surface area contributed by atoms with Gasteiger partial charge in [-0.25, -0.2) is 4.98 Å². The van der Waals surface area contributed by atoms with Crippen LogP contribution in [0.5, 0.6) is 0 Å². The van der Waals surface area contributed by atoms with Gasteiger partial charge in [-0.1, -0.05) is 6.92 Å². The average molecular weight is 232 g/mol. The number of H-pyrrole nitrogens is 1. The van der Waals surface area contributed by atoms with Crippen molar-refractivity contribution in [3.8, 4) is 11.4 Å². The second-order valence-electron chi connectivity index (χ2n) is 3.92. The lowest BCUT2D eigenvalue weighted by molar-refractivity contribution is 0.660. The van der Waals surface area contributed by atoms with Crippen LogP contribution >= 0.6 is 0 Å². The summed E-state index contributed by atoms with van der Waals surface area (Å²) in [5.74, 6) is 0.595. The number of aromatic amines is 1. The Bertz CT molecular complexity index is 582. The number of hydrogen-bond donors (Lipinski definition) is 1. The van der Waals surface area contributed by atoms with E-state index in [1.165, 1.54) is 0 Å². The molecule has 1 N–H and O–H groups in total. The van der Waals surface area contributed by atoms with E-state index in [1.807, 2.05) is 20.0 Å². The number of hydrogen-bond acceptors (Lipinski definition) is 3. The van der Waals surface area contributed by atoms with E-state index in [1.54, 1.807) is 17.8 Å². The van der Waals surface area contributed by atoms with Gasteiger partial charge in [0, 0.05) is 18.3 Å². The van der Waals surface area contributed by atoms with Gasteiger partial charge in [-0.2, -0.15) is 5.10 Å². The molecule has 5 heteroatoms. The highest BCUT2D eigenvalue weighted by Gasteiger charge is 2.09. The molecule has 2 aromatic rings. The van der Waals surface area contributed by atoms with Gasteiger partial charge >= 0.3 is 0 Å². The third-order valence-electron chi connectivity index (χ3n) is 2.82. The summed E-state index contributed by atoms with van der Waals surface area (Å²) in [7, 11) is 0. The van der Waals surface area contributed by atoms with Gasteiger partial charge in [-0.05, 0) is 20.3 Å². The van der Waals surface area contributed by atoms with Crippen LogP contribution in [0, 0.1) is 6.92 Å². The molecule has 2 heterocycles. The third kappa shape index (κ3) is 2.13. The Balaban J connectivity index is 2.52. The maximum Gasteiger partial charge on any atom is 0.254 e. The minimum atomic E-state index is -0.0731. The van der Waals surface area contributed by atoms with Crippen LogP contribution in [0.2, 0.25) is 0 Å². The van der Waals surface area contributed by atoms with Crippen LogP contribution < -0.4 is 5.56 Å². The van der Waals surface area contributed by atoms with E-state index in [0.717, 1.165) is 24.2 Å². The first kappa shape index (κ1) is 11.6. The lowest BCUT2D eigenvalue weighted by Crippen LogP contribution is -2.15. The number of nitrogens with zero attached hydrogens (tertiary/aromatic N) is 3. The lowest BCUT2D eigenvalue weighted by atomic mass is 10.2. The van der Waals surface area contributed by atoms with Gasteiger partial charge in [0.25, 0.3) is 5.56 Å². The van der Waals surface area contributed by atoms with Crippen LogP contribution in [0.15, 0.2) is 17.2 Å². The van der Waals surface area contributed by atoms with Gasteiger partial charge in [-0.3, -0.25) is 9.48 Å². The molecule has 0 aliphatic heterocycles. The standard InChI is InChI=1S/C12H16N4O/c1-4-10-8(3)12(17)15-11(14-10)9-6-13-16(5-2)7-9/h6-7H,4-5H2,1-3H3,(H,14,15,17). The molecule has 2 aromatic heterocycles. The Hall–Kier alpha value is -1.91. The van der Waals surface area contributed by atoms with Crippen molar-refractivity contribution in [2.24, 2.45) is 0 Å². The lowest BCUT2D eigenvalue weighted by Gasteiger charge is -2.03. The fourth-order valence-electron chi connectivity index (χ4n) is 1.72. The zero-order chi connectivity index (χ0) is 12.4. The molecule has 0 radical (unpaired) electrons. The summed E-state index contributed by atoms with van der Waals surface area (Å²) in [6, 6.07) is 0. The average Bonchev–Trinajstić information content (AvgIpc) is 2.81. The van der Waals surface area contributed by atoms with E-state index < -0.39 is 0 Å². The van der Waals surface area contributed by atoms with E-state index in [4.69, 9.17) is 0 Å². The first-order chi connectivity index (χ1) is 8.15. The fraction of sp³-hybridized carbons (Fsp3) is 0.417. The molecule has 0 saturated heterocycles. The van der Waals surface area contributed by atoms with E-state index >= 15 is 0 Å². The summed E-state index contributed by atoms with van der Waals surface area (Å²) < 4.78 is 1.81. The molecule has 0 bridgehead atoms. The Morgan fingerprint density at radius 2 is 2.18 bits per heavy atom. The van der Waals surface area contributed by atoms with Crippen molar-refractivity contribution in [2.45, 2.75) is 33.7 Å². The van der Waals surface area contributed by atoms with Crippen LogP contribution in [0.3, 0.4) is 0 Å². The molecule has 2 rings (SSSR count). The SMILES string of the molecule is CCc1nc(-c2cnn(CC)c2)[nH]c(=O)c1C. The zero-order valence-corrected chi connectivity index (χ0v) is 10.3. The van der Waals surface area contributed by atoms with E-state index in [9.17, 15) is 4.79 Å². The van der Waals surface area contributed by atoms with Crippen LogP contribution in [-0.4, -0.2) is 19.7 Å². The van der Waals surface area contributed by atoms with Crippen molar-refractivity contribution in [1.82, 2.24) is 19.7 Å². The predicted molar refractivity (Wildman–Crippen MR) is 65.9 cm³/mol. The van der Waals surface area contributed by atoms with Crippen molar-refractivity contribution in [3.63, 3.8) is 0 Å². The Morgan fingerprint density at radius 3 is 2.76 bits per heavy atom. The van der Waals surface area contributed by atoms with E-state index in [2.05, 4.69) is 15.1 Å². The van der Waals surface area contributed by atoms with Crippen molar-refractivity contribution >= 4 is 0 Å². The second-order valence-corrected chi connectivity index (χ2v) is 3.92. The number of aryl methyl sites for hydroxylation is 2. The molecule has 0 aliphatic carbocycles. The highest BCUT2D eigenvalue weighted by molar-refractivity contribution is 5.52. The molecule has 17 heavy (non-hydrogen) atoms. The van der Waals surface area contributed by atoms with Crippen molar-refractivity contribution in [1.29, 1.82) is 0 Å². The highest BCUT2D eigenvalue weighted by Crippen LogP contribution is 2.13. The molecule has 90 valence electrons. The van der Waals surface area contributed by atoms with E-state index in [-0.39, 0.29) is 5.56 Å². The van der Waals surface area contributed by atoms with Crippen LogP contribution in [-0.2, 0) is 13.0 Å². The normalized spacial score (nSPS) is 10.8. The first-order valence-electron chi connectivity index (χ1n) is 5.78. The molecular formula is C12H16N4O. The fourth-order valence-corrected chi connectivity index (χ4v) is 1.72. The Morgan fingerprint density at radius 1 is 1.41 bits per heavy atom. The summed E-state index contributed by atoms with van der Waals surface area (Å²) in [4.78, 5) is 19.0. The largest absolute Gasteiger partial charge is 0.306 e. The molecule has 0 saturated carbocycles. The quantitative estimate of drug-likeness (QED) is 0.872. The van der Waals surface area contributed by atoms with Gasteiger partial charge in [0.05, 0.1) is 17.5 Å². The molecule has 0 fully saturated rings. The van der Waals surface area contributed by atoms with Crippen molar-refractivity contribution < 1.29 is 0 Å². The molecule has 0 aromatic carbocycles. The predicted octanol–water partition coefficient (Wildman–Crippen LogP) is 1.52. The topological polar surface area (TPSA) is 63.6 Å². The number of rotatable bonds is 3. The van der Waals surface area contributed by atoms with Crippen LogP contribution in [0.4, 0.5) is 0 Å². The molecule has 0 amide bonds. The van der Waals surface area contributed by atoms with Gasteiger partial charge in [0.1, 0.15) is 5.82 Å². The monoisotopic (exact) mass is 232 g/mol. The Kier molecular flexibility index (Phi) is 3.08. The van der Waals surface area contributed by atoms with Gasteiger partial charge in [-0.15, -0.1) is 0 Å². The van der Waals surface area contributed by atoms with E-state index in [0.29, 0.717) is 11.4 Å². The van der Waals surface area contributed by atoms with Gasteiger partial charge in [0.15, 0.2) is 0 Å². The molecular weight excluding hydrogens is 216 g/mol. The van der Waals surface area contributed by atoms with Gasteiger partial charge in [0.2, 0.25) is 0 Å². The highest BCUT2D eigenvalue weighted by atomic mass is 16.1.